The number of carboxylic acids is 1. The molecule has 0 spiro atoms. The molecule has 0 heterocycles. The number of hydrogen-bond acceptors (Lipinski definition) is 2. The fraction of sp³-hybridized carbons (Fsp3) is 0.833. The number of urea groups is 1. The molecule has 1 aliphatic carbocycles. The molecular weight excluding hydrogens is 220 g/mol. The maximum Gasteiger partial charge on any atom is 0.317 e. The summed E-state index contributed by atoms with van der Waals surface area (Å²) in [4.78, 5) is 24.8. The minimum Gasteiger partial charge on any atom is -0.481 e. The van der Waals surface area contributed by atoms with Gasteiger partial charge in [-0.1, -0.05) is 0 Å². The molecule has 0 aliphatic heterocycles. The lowest BCUT2D eigenvalue weighted by atomic mass is 9.74. The van der Waals surface area contributed by atoms with Crippen LogP contribution in [0, 0.1) is 5.41 Å². The topological polar surface area (TPSA) is 69.6 Å². The van der Waals surface area contributed by atoms with Gasteiger partial charge in [0.2, 0.25) is 0 Å². The highest BCUT2D eigenvalue weighted by Gasteiger charge is 2.45. The zero-order valence-corrected chi connectivity index (χ0v) is 11.2. The Morgan fingerprint density at radius 3 is 2.06 bits per heavy atom. The summed E-state index contributed by atoms with van der Waals surface area (Å²) in [6, 6.07) is 0.116. The van der Waals surface area contributed by atoms with E-state index >= 15 is 0 Å². The molecule has 1 rings (SSSR count). The monoisotopic (exact) mass is 242 g/mol. The van der Waals surface area contributed by atoms with Crippen LogP contribution < -0.4 is 5.32 Å². The predicted molar refractivity (Wildman–Crippen MR) is 64.8 cm³/mol. The number of carbonyl (C=O) groups is 2. The van der Waals surface area contributed by atoms with Gasteiger partial charge in [-0.25, -0.2) is 4.79 Å². The molecule has 0 saturated heterocycles. The van der Waals surface area contributed by atoms with Crippen LogP contribution in [-0.2, 0) is 4.79 Å². The molecule has 0 bridgehead atoms. The number of carboxylic acid groups (broad SMARTS) is 1. The van der Waals surface area contributed by atoms with Gasteiger partial charge in [0, 0.05) is 13.1 Å². The van der Waals surface area contributed by atoms with Crippen molar-refractivity contribution in [1.29, 1.82) is 0 Å². The van der Waals surface area contributed by atoms with Crippen molar-refractivity contribution in [3.63, 3.8) is 0 Å². The van der Waals surface area contributed by atoms with Crippen LogP contribution >= 0.6 is 0 Å². The number of nitrogens with zero attached hydrogens (tertiary/aromatic N) is 1. The Kier molecular flexibility index (Phi) is 3.41. The molecule has 17 heavy (non-hydrogen) atoms. The second-order valence-electron chi connectivity index (χ2n) is 5.83. The number of rotatable bonds is 4. The molecule has 0 radical (unpaired) electrons. The minimum absolute atomic E-state index is 0.202. The van der Waals surface area contributed by atoms with Crippen molar-refractivity contribution in [2.24, 2.45) is 5.41 Å². The molecule has 1 fully saturated rings. The Hall–Kier alpha value is -1.26. The van der Waals surface area contributed by atoms with Gasteiger partial charge in [-0.3, -0.25) is 4.79 Å². The third-order valence-electron chi connectivity index (χ3n) is 3.93. The van der Waals surface area contributed by atoms with Crippen molar-refractivity contribution in [1.82, 2.24) is 10.2 Å². The largest absolute Gasteiger partial charge is 0.481 e. The van der Waals surface area contributed by atoms with Crippen molar-refractivity contribution in [3.05, 3.63) is 0 Å². The molecule has 98 valence electrons. The first-order chi connectivity index (χ1) is 7.59. The summed E-state index contributed by atoms with van der Waals surface area (Å²) in [5.41, 5.74) is -1.83. The molecular formula is C12H22N2O3. The molecule has 2 N–H and O–H groups in total. The van der Waals surface area contributed by atoms with E-state index in [1.165, 1.54) is 0 Å². The third-order valence-corrected chi connectivity index (χ3v) is 3.93. The van der Waals surface area contributed by atoms with Crippen molar-refractivity contribution in [2.45, 2.75) is 52.1 Å². The Bertz CT molecular complexity index is 333. The standard InChI is InChI=1S/C12H22N2O3/c1-11(2,9(15)16)12(3,4)13-10(17)14(5)8-6-7-8/h8H,6-7H2,1-5H3,(H,13,17)(H,15,16). The highest BCUT2D eigenvalue weighted by atomic mass is 16.4. The molecule has 2 amide bonds. The lowest BCUT2D eigenvalue weighted by molar-refractivity contribution is -0.150. The average Bonchev–Trinajstić information content (AvgIpc) is 2.98. The molecule has 1 aliphatic rings. The lowest BCUT2D eigenvalue weighted by Crippen LogP contribution is -2.59. The lowest BCUT2D eigenvalue weighted by Gasteiger charge is -2.39. The number of hydrogen-bond donors (Lipinski definition) is 2. The van der Waals surface area contributed by atoms with Crippen molar-refractivity contribution in [3.8, 4) is 0 Å². The Labute approximate surface area is 102 Å². The summed E-state index contributed by atoms with van der Waals surface area (Å²) in [6.07, 6.45) is 2.07. The Balaban J connectivity index is 2.71. The maximum absolute atomic E-state index is 11.9. The Morgan fingerprint density at radius 1 is 1.24 bits per heavy atom. The minimum atomic E-state index is -1.02. The van der Waals surface area contributed by atoms with Crippen LogP contribution in [0.4, 0.5) is 4.79 Å². The zero-order chi connectivity index (χ0) is 13.4. The first kappa shape index (κ1) is 13.8. The second-order valence-corrected chi connectivity index (χ2v) is 5.83. The summed E-state index contributed by atoms with van der Waals surface area (Å²) in [7, 11) is 1.75. The first-order valence-corrected chi connectivity index (χ1v) is 5.88. The van der Waals surface area contributed by atoms with E-state index in [4.69, 9.17) is 0 Å². The van der Waals surface area contributed by atoms with Crippen LogP contribution in [0.3, 0.4) is 0 Å². The normalized spacial score (nSPS) is 16.5. The maximum atomic E-state index is 11.9. The SMILES string of the molecule is CN(C(=O)NC(C)(C)C(C)(C)C(=O)O)C1CC1. The van der Waals surface area contributed by atoms with E-state index in [-0.39, 0.29) is 6.03 Å². The van der Waals surface area contributed by atoms with Gasteiger partial charge in [0.25, 0.3) is 0 Å². The van der Waals surface area contributed by atoms with Gasteiger partial charge >= 0.3 is 12.0 Å². The Morgan fingerprint density at radius 2 is 1.71 bits per heavy atom. The van der Waals surface area contributed by atoms with Crippen molar-refractivity contribution in [2.75, 3.05) is 7.05 Å². The summed E-state index contributed by atoms with van der Waals surface area (Å²) >= 11 is 0. The van der Waals surface area contributed by atoms with Gasteiger partial charge in [0.05, 0.1) is 11.0 Å². The smallest absolute Gasteiger partial charge is 0.317 e. The van der Waals surface area contributed by atoms with Gasteiger partial charge in [-0.2, -0.15) is 0 Å². The van der Waals surface area contributed by atoms with Crippen LogP contribution in [0.5, 0.6) is 0 Å². The van der Waals surface area contributed by atoms with E-state index in [0.717, 1.165) is 12.8 Å². The quantitative estimate of drug-likeness (QED) is 0.788. The highest BCUT2D eigenvalue weighted by molar-refractivity contribution is 5.79. The van der Waals surface area contributed by atoms with Gasteiger partial charge in [-0.15, -0.1) is 0 Å². The van der Waals surface area contributed by atoms with Crippen LogP contribution in [-0.4, -0.2) is 40.6 Å². The second kappa shape index (κ2) is 4.20. The van der Waals surface area contributed by atoms with E-state index in [1.54, 1.807) is 39.6 Å². The molecule has 1 saturated carbocycles. The molecule has 5 nitrogen and oxygen atoms in total. The summed E-state index contributed by atoms with van der Waals surface area (Å²) in [5.74, 6) is -0.920. The van der Waals surface area contributed by atoms with Gasteiger partial charge in [0.15, 0.2) is 0 Å². The van der Waals surface area contributed by atoms with Crippen LogP contribution in [0.15, 0.2) is 0 Å². The zero-order valence-electron chi connectivity index (χ0n) is 11.2. The highest BCUT2D eigenvalue weighted by Crippen LogP contribution is 2.32. The van der Waals surface area contributed by atoms with Gasteiger partial charge in [0.1, 0.15) is 0 Å². The molecule has 0 aromatic carbocycles. The molecule has 5 heteroatoms. The van der Waals surface area contributed by atoms with E-state index in [0.29, 0.717) is 6.04 Å². The molecule has 0 aromatic rings. The van der Waals surface area contributed by atoms with Crippen LogP contribution in [0.2, 0.25) is 0 Å². The van der Waals surface area contributed by atoms with E-state index in [9.17, 15) is 14.7 Å². The van der Waals surface area contributed by atoms with E-state index < -0.39 is 16.9 Å². The third kappa shape index (κ3) is 2.70. The van der Waals surface area contributed by atoms with Crippen LogP contribution in [0.1, 0.15) is 40.5 Å². The number of carbonyl (C=O) groups excluding carboxylic acids is 1. The fourth-order valence-corrected chi connectivity index (χ4v) is 1.41. The number of amides is 2. The van der Waals surface area contributed by atoms with Gasteiger partial charge < -0.3 is 15.3 Å². The molecule has 0 atom stereocenters. The average molecular weight is 242 g/mol. The summed E-state index contributed by atoms with van der Waals surface area (Å²) < 4.78 is 0. The molecule has 0 unspecified atom stereocenters. The fourth-order valence-electron chi connectivity index (χ4n) is 1.41. The number of nitrogens with one attached hydrogen (secondary N) is 1. The van der Waals surface area contributed by atoms with Gasteiger partial charge in [-0.05, 0) is 40.5 Å². The van der Waals surface area contributed by atoms with Crippen molar-refractivity contribution < 1.29 is 14.7 Å². The van der Waals surface area contributed by atoms with E-state index in [1.807, 2.05) is 0 Å². The number of aliphatic carboxylic acids is 1. The summed E-state index contributed by atoms with van der Waals surface area (Å²) in [5, 5.41) is 12.0. The van der Waals surface area contributed by atoms with E-state index in [2.05, 4.69) is 5.32 Å². The molecule has 0 aromatic heterocycles. The predicted octanol–water partition coefficient (Wildman–Crippen LogP) is 1.68. The summed E-state index contributed by atoms with van der Waals surface area (Å²) in [6.45, 7) is 6.71. The van der Waals surface area contributed by atoms with Crippen molar-refractivity contribution >= 4 is 12.0 Å². The first-order valence-electron chi connectivity index (χ1n) is 5.88. The van der Waals surface area contributed by atoms with Crippen LogP contribution in [0.25, 0.3) is 0 Å².